The number of carboxylic acid groups (broad SMARTS) is 1. The number of rotatable bonds is 5. The van der Waals surface area contributed by atoms with E-state index in [0.29, 0.717) is 5.92 Å². The van der Waals surface area contributed by atoms with Gasteiger partial charge in [-0.05, 0) is 36.5 Å². The van der Waals surface area contributed by atoms with Crippen LogP contribution < -0.4 is 0 Å². The average molecular weight is 272 g/mol. The number of carbonyl (C=O) groups is 1. The summed E-state index contributed by atoms with van der Waals surface area (Å²) in [5.74, 6) is -0.454. The van der Waals surface area contributed by atoms with Gasteiger partial charge in [0.05, 0.1) is 5.69 Å². The summed E-state index contributed by atoms with van der Waals surface area (Å²) in [6, 6.07) is 9.91. The highest BCUT2D eigenvalue weighted by Crippen LogP contribution is 2.28. The lowest BCUT2D eigenvalue weighted by Gasteiger charge is -2.14. The molecular formula is C16H20N2O2. The molecule has 0 amide bonds. The third-order valence-electron chi connectivity index (χ3n) is 3.74. The maximum atomic E-state index is 11.0. The monoisotopic (exact) mass is 272 g/mol. The highest BCUT2D eigenvalue weighted by atomic mass is 16.4. The lowest BCUT2D eigenvalue weighted by Crippen LogP contribution is -1.99. The minimum Gasteiger partial charge on any atom is -0.476 e. The van der Waals surface area contributed by atoms with E-state index >= 15 is 0 Å². The lowest BCUT2D eigenvalue weighted by atomic mass is 9.92. The summed E-state index contributed by atoms with van der Waals surface area (Å²) in [6.45, 7) is 4.38. The zero-order valence-corrected chi connectivity index (χ0v) is 12.1. The molecule has 0 bridgehead atoms. The number of benzene rings is 1. The molecule has 106 valence electrons. The molecule has 0 radical (unpaired) electrons. The number of carboxylic acids is 1. The third-order valence-corrected chi connectivity index (χ3v) is 3.74. The van der Waals surface area contributed by atoms with E-state index in [4.69, 9.17) is 5.11 Å². The van der Waals surface area contributed by atoms with Crippen LogP contribution in [0.1, 0.15) is 48.7 Å². The Bertz CT molecular complexity index is 613. The molecule has 4 heteroatoms. The van der Waals surface area contributed by atoms with Crippen molar-refractivity contribution in [2.75, 3.05) is 0 Å². The number of aromatic nitrogens is 2. The van der Waals surface area contributed by atoms with Crippen molar-refractivity contribution < 1.29 is 9.90 Å². The van der Waals surface area contributed by atoms with Gasteiger partial charge in [0.2, 0.25) is 0 Å². The maximum Gasteiger partial charge on any atom is 0.356 e. The predicted octanol–water partition coefficient (Wildman–Crippen LogP) is 3.69. The third kappa shape index (κ3) is 2.74. The first-order valence-corrected chi connectivity index (χ1v) is 6.94. The summed E-state index contributed by atoms with van der Waals surface area (Å²) in [7, 11) is 1.77. The molecule has 2 aromatic rings. The molecule has 1 N–H and O–H groups in total. The topological polar surface area (TPSA) is 55.1 Å². The first-order chi connectivity index (χ1) is 9.56. The molecule has 0 aliphatic carbocycles. The Morgan fingerprint density at radius 3 is 2.55 bits per heavy atom. The van der Waals surface area contributed by atoms with Gasteiger partial charge in [-0.25, -0.2) is 4.79 Å². The number of hydrogen-bond acceptors (Lipinski definition) is 2. The van der Waals surface area contributed by atoms with E-state index < -0.39 is 5.97 Å². The molecule has 0 saturated carbocycles. The predicted molar refractivity (Wildman–Crippen MR) is 78.9 cm³/mol. The van der Waals surface area contributed by atoms with Gasteiger partial charge in [-0.3, -0.25) is 4.68 Å². The van der Waals surface area contributed by atoms with Gasteiger partial charge in [-0.15, -0.1) is 0 Å². The molecule has 20 heavy (non-hydrogen) atoms. The average Bonchev–Trinajstić information content (AvgIpc) is 2.83. The van der Waals surface area contributed by atoms with Crippen LogP contribution in [0.2, 0.25) is 0 Å². The molecule has 0 spiro atoms. The van der Waals surface area contributed by atoms with Crippen molar-refractivity contribution in [2.45, 2.75) is 32.6 Å². The molecule has 4 nitrogen and oxygen atoms in total. The molecule has 1 aromatic carbocycles. The van der Waals surface area contributed by atoms with Crippen LogP contribution >= 0.6 is 0 Å². The highest BCUT2D eigenvalue weighted by molar-refractivity contribution is 5.87. The summed E-state index contributed by atoms with van der Waals surface area (Å²) in [4.78, 5) is 11.0. The van der Waals surface area contributed by atoms with Gasteiger partial charge in [0, 0.05) is 12.6 Å². The van der Waals surface area contributed by atoms with Crippen LogP contribution in [-0.4, -0.2) is 20.9 Å². The molecule has 0 aliphatic heterocycles. The van der Waals surface area contributed by atoms with Crippen LogP contribution in [0.3, 0.4) is 0 Å². The van der Waals surface area contributed by atoms with Gasteiger partial charge in [0.15, 0.2) is 5.69 Å². The fourth-order valence-electron chi connectivity index (χ4n) is 2.55. The van der Waals surface area contributed by atoms with E-state index in [1.807, 2.05) is 12.1 Å². The molecule has 0 saturated heterocycles. The number of aryl methyl sites for hydroxylation is 1. The Morgan fingerprint density at radius 1 is 1.30 bits per heavy atom. The van der Waals surface area contributed by atoms with Crippen molar-refractivity contribution in [3.63, 3.8) is 0 Å². The standard InChI is InChI=1S/C16H20N2O2/c1-4-11(5-2)12-7-6-8-13(9-12)15-10-14(16(19)20)17-18(15)3/h6-11H,4-5H2,1-3H3,(H,19,20). The Labute approximate surface area is 119 Å². The quantitative estimate of drug-likeness (QED) is 0.903. The Hall–Kier alpha value is -2.10. The SMILES string of the molecule is CCC(CC)c1cccc(-c2cc(C(=O)O)nn2C)c1. The van der Waals surface area contributed by atoms with Crippen molar-refractivity contribution in [2.24, 2.45) is 7.05 Å². The van der Waals surface area contributed by atoms with Crippen molar-refractivity contribution >= 4 is 5.97 Å². The molecule has 1 heterocycles. The maximum absolute atomic E-state index is 11.0. The summed E-state index contributed by atoms with van der Waals surface area (Å²) in [6.07, 6.45) is 2.21. The van der Waals surface area contributed by atoms with Crippen molar-refractivity contribution in [3.8, 4) is 11.3 Å². The fraction of sp³-hybridized carbons (Fsp3) is 0.375. The first-order valence-electron chi connectivity index (χ1n) is 6.94. The second-order valence-corrected chi connectivity index (χ2v) is 4.98. The highest BCUT2D eigenvalue weighted by Gasteiger charge is 2.14. The molecule has 2 rings (SSSR count). The molecule has 0 atom stereocenters. The summed E-state index contributed by atoms with van der Waals surface area (Å²) >= 11 is 0. The largest absolute Gasteiger partial charge is 0.476 e. The smallest absolute Gasteiger partial charge is 0.356 e. The van der Waals surface area contributed by atoms with E-state index in [1.165, 1.54) is 5.56 Å². The molecule has 1 aromatic heterocycles. The van der Waals surface area contributed by atoms with Crippen molar-refractivity contribution in [1.29, 1.82) is 0 Å². The molecular weight excluding hydrogens is 252 g/mol. The summed E-state index contributed by atoms with van der Waals surface area (Å²) < 4.78 is 1.62. The lowest BCUT2D eigenvalue weighted by molar-refractivity contribution is 0.0689. The number of hydrogen-bond donors (Lipinski definition) is 1. The summed E-state index contributed by atoms with van der Waals surface area (Å²) in [5.41, 5.74) is 3.22. The fourth-order valence-corrected chi connectivity index (χ4v) is 2.55. The van der Waals surface area contributed by atoms with Crippen molar-refractivity contribution in [3.05, 3.63) is 41.6 Å². The number of nitrogens with zero attached hydrogens (tertiary/aromatic N) is 2. The van der Waals surface area contributed by atoms with Crippen LogP contribution in [0.25, 0.3) is 11.3 Å². The van der Waals surface area contributed by atoms with Gasteiger partial charge in [0.25, 0.3) is 0 Å². The van der Waals surface area contributed by atoms with Gasteiger partial charge in [0.1, 0.15) is 0 Å². The molecule has 0 aliphatic rings. The minimum absolute atomic E-state index is 0.0791. The van der Waals surface area contributed by atoms with E-state index in [0.717, 1.165) is 24.1 Å². The van der Waals surface area contributed by atoms with Crippen molar-refractivity contribution in [1.82, 2.24) is 9.78 Å². The van der Waals surface area contributed by atoms with Crippen LogP contribution in [0, 0.1) is 0 Å². The molecule has 0 unspecified atom stereocenters. The van der Waals surface area contributed by atoms with Crippen LogP contribution in [0.5, 0.6) is 0 Å². The Balaban J connectivity index is 2.43. The van der Waals surface area contributed by atoms with Gasteiger partial charge in [-0.2, -0.15) is 5.10 Å². The first kappa shape index (κ1) is 14.3. The minimum atomic E-state index is -0.997. The Kier molecular flexibility index (Phi) is 4.23. The number of aromatic carboxylic acids is 1. The second-order valence-electron chi connectivity index (χ2n) is 4.98. The van der Waals surface area contributed by atoms with Crippen LogP contribution in [-0.2, 0) is 7.05 Å². The van der Waals surface area contributed by atoms with Gasteiger partial charge in [-0.1, -0.05) is 32.0 Å². The summed E-state index contributed by atoms with van der Waals surface area (Å²) in [5, 5.41) is 13.0. The normalized spacial score (nSPS) is 11.0. The second kappa shape index (κ2) is 5.90. The van der Waals surface area contributed by atoms with E-state index in [2.05, 4.69) is 31.1 Å². The van der Waals surface area contributed by atoms with Crippen LogP contribution in [0.15, 0.2) is 30.3 Å². The molecule has 0 fully saturated rings. The zero-order chi connectivity index (χ0) is 14.7. The van der Waals surface area contributed by atoms with Gasteiger partial charge < -0.3 is 5.11 Å². The van der Waals surface area contributed by atoms with E-state index in [9.17, 15) is 4.79 Å². The zero-order valence-electron chi connectivity index (χ0n) is 12.1. The van der Waals surface area contributed by atoms with Crippen LogP contribution in [0.4, 0.5) is 0 Å². The van der Waals surface area contributed by atoms with E-state index in [-0.39, 0.29) is 5.69 Å². The Morgan fingerprint density at radius 2 is 2.00 bits per heavy atom. The van der Waals surface area contributed by atoms with E-state index in [1.54, 1.807) is 17.8 Å². The van der Waals surface area contributed by atoms with Gasteiger partial charge >= 0.3 is 5.97 Å².